The van der Waals surface area contributed by atoms with Crippen LogP contribution in [0.2, 0.25) is 0 Å². The molecule has 2 N–H and O–H groups in total. The predicted octanol–water partition coefficient (Wildman–Crippen LogP) is 2.82. The first-order valence-corrected chi connectivity index (χ1v) is 9.52. The van der Waals surface area contributed by atoms with Gasteiger partial charge in [-0.15, -0.1) is 0 Å². The Bertz CT molecular complexity index is 846. The van der Waals surface area contributed by atoms with E-state index in [1.165, 1.54) is 6.92 Å². The second-order valence-corrected chi connectivity index (χ2v) is 7.01. The van der Waals surface area contributed by atoms with E-state index in [-0.39, 0.29) is 36.4 Å². The van der Waals surface area contributed by atoms with Gasteiger partial charge in [-0.3, -0.25) is 9.59 Å². The number of hydrogen-bond acceptors (Lipinski definition) is 3. The Morgan fingerprint density at radius 2 is 1.75 bits per heavy atom. The lowest BCUT2D eigenvalue weighted by molar-refractivity contribution is -0.147. The van der Waals surface area contributed by atoms with Crippen LogP contribution < -0.4 is 5.32 Å². The van der Waals surface area contributed by atoms with E-state index in [1.54, 1.807) is 17.0 Å². The van der Waals surface area contributed by atoms with Crippen LogP contribution in [0.5, 0.6) is 0 Å². The number of benzene rings is 2. The van der Waals surface area contributed by atoms with Crippen molar-refractivity contribution in [2.75, 3.05) is 13.2 Å². The summed E-state index contributed by atoms with van der Waals surface area (Å²) < 4.78 is 0. The molecule has 0 aliphatic carbocycles. The summed E-state index contributed by atoms with van der Waals surface area (Å²) in [6.07, 6.45) is 4.00. The molecule has 5 heteroatoms. The Morgan fingerprint density at radius 1 is 1.07 bits per heavy atom. The van der Waals surface area contributed by atoms with Gasteiger partial charge in [-0.05, 0) is 30.2 Å². The maximum absolute atomic E-state index is 12.4. The molecule has 3 atom stereocenters. The van der Waals surface area contributed by atoms with Crippen molar-refractivity contribution >= 4 is 17.9 Å². The van der Waals surface area contributed by atoms with Crippen LogP contribution in [0.1, 0.15) is 41.3 Å². The van der Waals surface area contributed by atoms with Gasteiger partial charge >= 0.3 is 0 Å². The average Bonchev–Trinajstić information content (AvgIpc) is 2.69. The fraction of sp³-hybridized carbons (Fsp3) is 0.304. The maximum Gasteiger partial charge on any atom is 0.251 e. The molecule has 28 heavy (non-hydrogen) atoms. The quantitative estimate of drug-likeness (QED) is 0.812. The number of nitrogens with one attached hydrogen (secondary N) is 1. The molecule has 0 unspecified atom stereocenters. The highest BCUT2D eigenvalue weighted by atomic mass is 16.3. The average molecular weight is 378 g/mol. The molecule has 5 nitrogen and oxygen atoms in total. The van der Waals surface area contributed by atoms with Crippen molar-refractivity contribution in [1.29, 1.82) is 0 Å². The molecule has 0 bridgehead atoms. The van der Waals surface area contributed by atoms with E-state index < -0.39 is 0 Å². The number of rotatable bonds is 6. The third-order valence-corrected chi connectivity index (χ3v) is 5.28. The molecule has 146 valence electrons. The summed E-state index contributed by atoms with van der Waals surface area (Å²) in [6, 6.07) is 16.7. The first kappa shape index (κ1) is 19.8. The topological polar surface area (TPSA) is 69.6 Å². The van der Waals surface area contributed by atoms with Crippen LogP contribution in [-0.2, 0) is 4.79 Å². The molecule has 2 aromatic carbocycles. The zero-order valence-electron chi connectivity index (χ0n) is 16.2. The largest absolute Gasteiger partial charge is 0.394 e. The first-order chi connectivity index (χ1) is 13.6. The van der Waals surface area contributed by atoms with E-state index in [0.717, 1.165) is 11.1 Å². The number of hydrogen-bond donors (Lipinski definition) is 2. The Balaban J connectivity index is 1.78. The number of carbonyl (C=O) groups is 2. The summed E-state index contributed by atoms with van der Waals surface area (Å²) in [5.74, 6) is -0.289. The molecule has 0 aromatic heterocycles. The van der Waals surface area contributed by atoms with Gasteiger partial charge in [0.1, 0.15) is 0 Å². The Hall–Kier alpha value is -2.92. The highest BCUT2D eigenvalue weighted by molar-refractivity contribution is 5.94. The Kier molecular flexibility index (Phi) is 6.26. The van der Waals surface area contributed by atoms with Crippen molar-refractivity contribution < 1.29 is 14.7 Å². The molecule has 2 aromatic rings. The number of likely N-dealkylation sites (tertiary alicyclic amines) is 1. The summed E-state index contributed by atoms with van der Waals surface area (Å²) >= 11 is 0. The van der Waals surface area contributed by atoms with Gasteiger partial charge < -0.3 is 15.3 Å². The second kappa shape index (κ2) is 8.85. The molecule has 1 heterocycles. The zero-order chi connectivity index (χ0) is 20.1. The van der Waals surface area contributed by atoms with Crippen LogP contribution in [-0.4, -0.2) is 47.1 Å². The van der Waals surface area contributed by atoms with Gasteiger partial charge in [-0.25, -0.2) is 0 Å². The number of aliphatic hydroxyl groups excluding tert-OH is 1. The molecule has 2 amide bonds. The van der Waals surface area contributed by atoms with Crippen LogP contribution in [0.3, 0.4) is 0 Å². The van der Waals surface area contributed by atoms with Crippen LogP contribution in [0.4, 0.5) is 0 Å². The minimum absolute atomic E-state index is 0.0235. The Labute approximate surface area is 165 Å². The predicted molar refractivity (Wildman–Crippen MR) is 110 cm³/mol. The van der Waals surface area contributed by atoms with E-state index in [4.69, 9.17) is 0 Å². The lowest BCUT2D eigenvalue weighted by Crippen LogP contribution is -2.68. The van der Waals surface area contributed by atoms with Gasteiger partial charge in [0.15, 0.2) is 0 Å². The number of nitrogens with zero attached hydrogens (tertiary/aromatic N) is 1. The van der Waals surface area contributed by atoms with E-state index >= 15 is 0 Å². The van der Waals surface area contributed by atoms with Gasteiger partial charge in [0.05, 0.1) is 18.7 Å². The molecule has 1 fully saturated rings. The van der Waals surface area contributed by atoms with Crippen molar-refractivity contribution in [2.45, 2.75) is 31.8 Å². The van der Waals surface area contributed by atoms with E-state index in [1.807, 2.05) is 61.5 Å². The fourth-order valence-corrected chi connectivity index (χ4v) is 4.00. The SMILES string of the molecule is C/C=C/c1ccc([C@@H]2[C@@H](CO)N(C(C)=O)[C@@H]2CNC(=O)c2ccccc2)cc1. The molecule has 1 saturated heterocycles. The van der Waals surface area contributed by atoms with Crippen molar-refractivity contribution in [3.05, 3.63) is 77.4 Å². The van der Waals surface area contributed by atoms with Gasteiger partial charge in [0.2, 0.25) is 5.91 Å². The van der Waals surface area contributed by atoms with Crippen molar-refractivity contribution in [3.8, 4) is 0 Å². The van der Waals surface area contributed by atoms with Crippen molar-refractivity contribution in [3.63, 3.8) is 0 Å². The molecular formula is C23H26N2O3. The lowest BCUT2D eigenvalue weighted by Gasteiger charge is -2.54. The van der Waals surface area contributed by atoms with Crippen molar-refractivity contribution in [1.82, 2.24) is 10.2 Å². The summed E-state index contributed by atoms with van der Waals surface area (Å²) in [6.45, 7) is 3.70. The third kappa shape index (κ3) is 3.99. The van der Waals surface area contributed by atoms with Gasteiger partial charge in [0.25, 0.3) is 5.91 Å². The Morgan fingerprint density at radius 3 is 2.32 bits per heavy atom. The fourth-order valence-electron chi connectivity index (χ4n) is 4.00. The monoisotopic (exact) mass is 378 g/mol. The molecule has 1 aliphatic rings. The molecule has 0 saturated carbocycles. The standard InChI is InChI=1S/C23H26N2O3/c1-3-7-17-10-12-18(13-11-17)22-20(25(16(2)27)21(22)15-26)14-24-23(28)19-8-5-4-6-9-19/h3-13,20-22,26H,14-15H2,1-2H3,(H,24,28)/b7-3+/t20-,21-,22+/m1/s1. The molecule has 3 rings (SSSR count). The first-order valence-electron chi connectivity index (χ1n) is 9.52. The van der Waals surface area contributed by atoms with Crippen molar-refractivity contribution in [2.24, 2.45) is 0 Å². The lowest BCUT2D eigenvalue weighted by atomic mass is 9.75. The molecular weight excluding hydrogens is 352 g/mol. The normalized spacial score (nSPS) is 21.4. The number of carbonyl (C=O) groups excluding carboxylic acids is 2. The van der Waals surface area contributed by atoms with Gasteiger partial charge in [0, 0.05) is 24.9 Å². The van der Waals surface area contributed by atoms with Gasteiger partial charge in [-0.2, -0.15) is 0 Å². The summed E-state index contributed by atoms with van der Waals surface area (Å²) in [4.78, 5) is 26.2. The van der Waals surface area contributed by atoms with Crippen LogP contribution in [0.25, 0.3) is 6.08 Å². The number of allylic oxidation sites excluding steroid dienone is 1. The minimum Gasteiger partial charge on any atom is -0.394 e. The number of aliphatic hydroxyl groups is 1. The molecule has 0 radical (unpaired) electrons. The minimum atomic E-state index is -0.274. The van der Waals surface area contributed by atoms with Crippen LogP contribution in [0, 0.1) is 0 Å². The highest BCUT2D eigenvalue weighted by Gasteiger charge is 2.49. The van der Waals surface area contributed by atoms with E-state index in [9.17, 15) is 14.7 Å². The molecule has 1 aliphatic heterocycles. The van der Waals surface area contributed by atoms with Crippen LogP contribution in [0.15, 0.2) is 60.7 Å². The summed E-state index contributed by atoms with van der Waals surface area (Å²) in [5.41, 5.74) is 2.74. The smallest absolute Gasteiger partial charge is 0.251 e. The van der Waals surface area contributed by atoms with Crippen LogP contribution >= 0.6 is 0 Å². The zero-order valence-corrected chi connectivity index (χ0v) is 16.2. The van der Waals surface area contributed by atoms with E-state index in [2.05, 4.69) is 5.32 Å². The van der Waals surface area contributed by atoms with Gasteiger partial charge in [-0.1, -0.05) is 54.6 Å². The second-order valence-electron chi connectivity index (χ2n) is 7.01. The third-order valence-electron chi connectivity index (χ3n) is 5.28. The number of amides is 2. The summed E-state index contributed by atoms with van der Waals surface area (Å²) in [7, 11) is 0. The highest BCUT2D eigenvalue weighted by Crippen LogP contribution is 2.40. The summed E-state index contributed by atoms with van der Waals surface area (Å²) in [5, 5.41) is 12.8. The van der Waals surface area contributed by atoms with E-state index in [0.29, 0.717) is 12.1 Å². The maximum atomic E-state index is 12.4. The molecule has 0 spiro atoms.